The van der Waals surface area contributed by atoms with Crippen LogP contribution in [0, 0.1) is 0 Å². The Kier molecular flexibility index (Phi) is 5.08. The summed E-state index contributed by atoms with van der Waals surface area (Å²) in [5.41, 5.74) is 0.920. The largest absolute Gasteiger partial charge is 0.489 e. The number of benzene rings is 2. The molecule has 0 aromatic heterocycles. The molecule has 0 N–H and O–H groups in total. The maximum absolute atomic E-state index is 10.0. The number of ether oxygens (including phenoxy) is 2. The molecule has 0 amide bonds. The lowest BCUT2D eigenvalue weighted by Gasteiger charge is -2.07. The van der Waals surface area contributed by atoms with E-state index >= 15 is 0 Å². The van der Waals surface area contributed by atoms with Gasteiger partial charge >= 0.3 is 0 Å². The fourth-order valence-electron chi connectivity index (χ4n) is 1.50. The van der Waals surface area contributed by atoms with Crippen molar-refractivity contribution >= 4 is 29.1 Å². The van der Waals surface area contributed by atoms with Crippen LogP contribution >= 0.6 is 23.2 Å². The molecule has 3 nitrogen and oxygen atoms in total. The molecule has 0 unspecified atom stereocenters. The van der Waals surface area contributed by atoms with E-state index in [4.69, 9.17) is 32.7 Å². The minimum absolute atomic E-state index is 0.380. The Labute approximate surface area is 126 Å². The first-order chi connectivity index (χ1) is 9.69. The smallest absolute Gasteiger partial charge is 0.174 e. The fourth-order valence-corrected chi connectivity index (χ4v) is 1.82. The molecule has 2 rings (SSSR count). The molecule has 0 aliphatic rings. The molecule has 0 heterocycles. The van der Waals surface area contributed by atoms with Crippen molar-refractivity contribution in [1.29, 1.82) is 0 Å². The van der Waals surface area contributed by atoms with Gasteiger partial charge in [-0.1, -0.05) is 29.3 Å². The van der Waals surface area contributed by atoms with Crippen molar-refractivity contribution in [2.24, 2.45) is 0 Å². The lowest BCUT2D eigenvalue weighted by atomic mass is 10.2. The third kappa shape index (κ3) is 4.04. The Hall–Kier alpha value is -1.93. The highest BCUT2D eigenvalue weighted by Crippen LogP contribution is 2.24. The third-order valence-electron chi connectivity index (χ3n) is 2.46. The van der Waals surface area contributed by atoms with Gasteiger partial charge in [-0.3, -0.25) is 0 Å². The van der Waals surface area contributed by atoms with Gasteiger partial charge in [-0.05, 0) is 42.0 Å². The van der Waals surface area contributed by atoms with Gasteiger partial charge in [0.1, 0.15) is 18.1 Å². The fraction of sp³-hybridized carbons (Fsp3) is 0.0667. The number of halogens is 2. The van der Waals surface area contributed by atoms with E-state index in [1.54, 1.807) is 36.4 Å². The molecule has 0 saturated heterocycles. The summed E-state index contributed by atoms with van der Waals surface area (Å²) in [5, 5.41) is 1.01. The van der Waals surface area contributed by atoms with Crippen LogP contribution in [-0.2, 0) is 11.4 Å². The molecule has 0 bridgehead atoms. The van der Waals surface area contributed by atoms with Crippen molar-refractivity contribution in [2.45, 2.75) is 6.61 Å². The van der Waals surface area contributed by atoms with Crippen molar-refractivity contribution in [3.05, 3.63) is 64.3 Å². The SMILES string of the molecule is O=C=COc1ccc(OCc2ccc(Cl)c(Cl)c2)cc1. The van der Waals surface area contributed by atoms with E-state index in [9.17, 15) is 4.79 Å². The predicted molar refractivity (Wildman–Crippen MR) is 78.1 cm³/mol. The summed E-state index contributed by atoms with van der Waals surface area (Å²) in [7, 11) is 0. The van der Waals surface area contributed by atoms with Gasteiger partial charge in [-0.2, -0.15) is 0 Å². The zero-order chi connectivity index (χ0) is 14.4. The highest BCUT2D eigenvalue weighted by molar-refractivity contribution is 6.42. The molecule has 2 aromatic carbocycles. The van der Waals surface area contributed by atoms with Crippen molar-refractivity contribution in [3.8, 4) is 11.5 Å². The second kappa shape index (κ2) is 7.01. The van der Waals surface area contributed by atoms with Gasteiger partial charge in [0.05, 0.1) is 10.0 Å². The summed E-state index contributed by atoms with van der Waals surface area (Å²) in [6, 6.07) is 12.2. The Balaban J connectivity index is 1.96. The lowest BCUT2D eigenvalue weighted by molar-refractivity contribution is 0.306. The maximum atomic E-state index is 10.0. The zero-order valence-electron chi connectivity index (χ0n) is 10.3. The molecule has 20 heavy (non-hydrogen) atoms. The molecule has 0 aliphatic heterocycles. The minimum Gasteiger partial charge on any atom is -0.489 e. The van der Waals surface area contributed by atoms with E-state index in [1.165, 1.54) is 5.94 Å². The Morgan fingerprint density at radius 3 is 2.35 bits per heavy atom. The van der Waals surface area contributed by atoms with Crippen LogP contribution in [0.15, 0.2) is 48.7 Å². The molecular weight excluding hydrogens is 299 g/mol. The van der Waals surface area contributed by atoms with E-state index < -0.39 is 0 Å². The molecule has 0 atom stereocenters. The Bertz CT molecular complexity index is 632. The number of hydrogen-bond acceptors (Lipinski definition) is 3. The standard InChI is InChI=1S/C15H10Cl2O3/c16-14-6-1-11(9-15(14)17)10-20-13-4-2-12(3-5-13)19-8-7-18/h1-6,8-9H,10H2. The molecule has 0 radical (unpaired) electrons. The molecule has 0 aliphatic carbocycles. The van der Waals surface area contributed by atoms with E-state index in [2.05, 4.69) is 0 Å². The van der Waals surface area contributed by atoms with Gasteiger partial charge in [0.15, 0.2) is 12.2 Å². The van der Waals surface area contributed by atoms with Gasteiger partial charge in [0, 0.05) is 0 Å². The van der Waals surface area contributed by atoms with Crippen LogP contribution in [0.25, 0.3) is 0 Å². The molecule has 0 saturated carbocycles. The second-order valence-electron chi connectivity index (χ2n) is 3.86. The molecule has 5 heteroatoms. The van der Waals surface area contributed by atoms with Gasteiger partial charge in [-0.25, -0.2) is 4.79 Å². The highest BCUT2D eigenvalue weighted by Gasteiger charge is 2.01. The number of rotatable bonds is 5. The molecule has 0 spiro atoms. The second-order valence-corrected chi connectivity index (χ2v) is 4.68. The predicted octanol–water partition coefficient (Wildman–Crippen LogP) is 4.30. The van der Waals surface area contributed by atoms with E-state index in [0.29, 0.717) is 28.2 Å². The van der Waals surface area contributed by atoms with Crippen LogP contribution in [0.1, 0.15) is 5.56 Å². The van der Waals surface area contributed by atoms with Crippen molar-refractivity contribution in [1.82, 2.24) is 0 Å². The first-order valence-corrected chi connectivity index (χ1v) is 6.47. The summed E-state index contributed by atoms with van der Waals surface area (Å²) in [6.45, 7) is 0.380. The Morgan fingerprint density at radius 1 is 1.00 bits per heavy atom. The normalized spacial score (nSPS) is 9.70. The number of hydrogen-bond donors (Lipinski definition) is 0. The molecule has 0 fully saturated rings. The van der Waals surface area contributed by atoms with Crippen LogP contribution in [0.4, 0.5) is 0 Å². The van der Waals surface area contributed by atoms with E-state index in [1.807, 2.05) is 6.07 Å². The van der Waals surface area contributed by atoms with Crippen LogP contribution in [0.3, 0.4) is 0 Å². The zero-order valence-corrected chi connectivity index (χ0v) is 11.8. The summed E-state index contributed by atoms with van der Waals surface area (Å²) < 4.78 is 10.6. The third-order valence-corrected chi connectivity index (χ3v) is 3.20. The molecule has 102 valence electrons. The average Bonchev–Trinajstić information content (AvgIpc) is 2.47. The van der Waals surface area contributed by atoms with Crippen LogP contribution in [-0.4, -0.2) is 5.94 Å². The molecule has 2 aromatic rings. The van der Waals surface area contributed by atoms with Gasteiger partial charge in [0.2, 0.25) is 0 Å². The average molecular weight is 309 g/mol. The minimum atomic E-state index is 0.380. The van der Waals surface area contributed by atoms with Crippen LogP contribution in [0.5, 0.6) is 11.5 Å². The van der Waals surface area contributed by atoms with Crippen molar-refractivity contribution in [2.75, 3.05) is 0 Å². The first kappa shape index (κ1) is 14.5. The maximum Gasteiger partial charge on any atom is 0.174 e. The number of carbonyl (C=O) groups excluding carboxylic acids is 1. The summed E-state index contributed by atoms with van der Waals surface area (Å²) in [6.07, 6.45) is 0.950. The highest BCUT2D eigenvalue weighted by atomic mass is 35.5. The molecular formula is C15H10Cl2O3. The van der Waals surface area contributed by atoms with Crippen LogP contribution < -0.4 is 9.47 Å². The van der Waals surface area contributed by atoms with Gasteiger partial charge in [0.25, 0.3) is 0 Å². The quantitative estimate of drug-likeness (QED) is 0.610. The summed E-state index contributed by atoms with van der Waals surface area (Å²) >= 11 is 11.8. The van der Waals surface area contributed by atoms with E-state index in [-0.39, 0.29) is 0 Å². The topological polar surface area (TPSA) is 35.5 Å². The lowest BCUT2D eigenvalue weighted by Crippen LogP contribution is -1.95. The first-order valence-electron chi connectivity index (χ1n) is 5.72. The van der Waals surface area contributed by atoms with E-state index in [0.717, 1.165) is 11.8 Å². The van der Waals surface area contributed by atoms with Crippen molar-refractivity contribution in [3.63, 3.8) is 0 Å². The summed E-state index contributed by atoms with van der Waals surface area (Å²) in [5.74, 6) is 2.75. The monoisotopic (exact) mass is 308 g/mol. The summed E-state index contributed by atoms with van der Waals surface area (Å²) in [4.78, 5) is 10.0. The van der Waals surface area contributed by atoms with Crippen molar-refractivity contribution < 1.29 is 14.3 Å². The van der Waals surface area contributed by atoms with Crippen LogP contribution in [0.2, 0.25) is 10.0 Å². The van der Waals surface area contributed by atoms with Gasteiger partial charge < -0.3 is 9.47 Å². The van der Waals surface area contributed by atoms with Gasteiger partial charge in [-0.15, -0.1) is 0 Å². The Morgan fingerprint density at radius 2 is 1.70 bits per heavy atom.